The zero-order chi connectivity index (χ0) is 13.9. The molecule has 4 heteroatoms. The highest BCUT2D eigenvalue weighted by atomic mass is 16.3. The Bertz CT molecular complexity index is 437. The predicted octanol–water partition coefficient (Wildman–Crippen LogP) is 2.12. The summed E-state index contributed by atoms with van der Waals surface area (Å²) in [5, 5.41) is 3.34. The van der Waals surface area contributed by atoms with Crippen LogP contribution in [0.4, 0.5) is 0 Å². The number of carbonyl (C=O) groups excluding carboxylic acids is 1. The lowest BCUT2D eigenvalue weighted by molar-refractivity contribution is -0.137. The first-order valence-electron chi connectivity index (χ1n) is 7.05. The summed E-state index contributed by atoms with van der Waals surface area (Å²) in [4.78, 5) is 14.3. The molecular weight excluding hydrogens is 240 g/mol. The number of hydrogen-bond acceptors (Lipinski definition) is 3. The van der Waals surface area contributed by atoms with Crippen LogP contribution < -0.4 is 5.32 Å². The van der Waals surface area contributed by atoms with Crippen LogP contribution in [0.25, 0.3) is 0 Å². The second-order valence-corrected chi connectivity index (χ2v) is 5.90. The van der Waals surface area contributed by atoms with Gasteiger partial charge in [0.15, 0.2) is 0 Å². The van der Waals surface area contributed by atoms with E-state index in [1.807, 2.05) is 24.0 Å². The lowest BCUT2D eigenvalue weighted by Crippen LogP contribution is -2.59. The molecule has 1 aromatic heterocycles. The third-order valence-electron chi connectivity index (χ3n) is 3.71. The van der Waals surface area contributed by atoms with Gasteiger partial charge < -0.3 is 14.6 Å². The maximum absolute atomic E-state index is 12.3. The molecule has 1 amide bonds. The van der Waals surface area contributed by atoms with Crippen LogP contribution in [0.1, 0.15) is 38.2 Å². The van der Waals surface area contributed by atoms with E-state index in [0.717, 1.165) is 44.0 Å². The number of nitrogens with zero attached hydrogens (tertiary/aromatic N) is 1. The molecule has 0 atom stereocenters. The molecule has 0 bridgehead atoms. The fraction of sp³-hybridized carbons (Fsp3) is 0.667. The van der Waals surface area contributed by atoms with E-state index < -0.39 is 0 Å². The lowest BCUT2D eigenvalue weighted by Gasteiger charge is -2.43. The molecule has 1 saturated heterocycles. The highest BCUT2D eigenvalue weighted by Gasteiger charge is 2.32. The largest absolute Gasteiger partial charge is 0.466 e. The Hall–Kier alpha value is -1.29. The van der Waals surface area contributed by atoms with Gasteiger partial charge in [-0.2, -0.15) is 0 Å². The van der Waals surface area contributed by atoms with Crippen LogP contribution in [0.2, 0.25) is 0 Å². The van der Waals surface area contributed by atoms with Gasteiger partial charge in [0.2, 0.25) is 5.91 Å². The maximum Gasteiger partial charge on any atom is 0.223 e. The lowest BCUT2D eigenvalue weighted by atomic mass is 9.99. The van der Waals surface area contributed by atoms with Crippen molar-refractivity contribution in [2.75, 3.05) is 19.6 Å². The molecule has 0 spiro atoms. The molecule has 0 radical (unpaired) electrons. The van der Waals surface area contributed by atoms with Crippen LogP contribution in [0.5, 0.6) is 0 Å². The third-order valence-corrected chi connectivity index (χ3v) is 3.71. The SMILES string of the molecule is Cc1ccc(CCCC(=O)N2CCNCC2(C)C)o1. The van der Waals surface area contributed by atoms with E-state index in [-0.39, 0.29) is 11.4 Å². The van der Waals surface area contributed by atoms with Crippen LogP contribution >= 0.6 is 0 Å². The van der Waals surface area contributed by atoms with Crippen molar-refractivity contribution in [2.45, 2.75) is 45.6 Å². The summed E-state index contributed by atoms with van der Waals surface area (Å²) in [7, 11) is 0. The van der Waals surface area contributed by atoms with Crippen molar-refractivity contribution >= 4 is 5.91 Å². The van der Waals surface area contributed by atoms with Crippen LogP contribution in [0, 0.1) is 6.92 Å². The topological polar surface area (TPSA) is 45.5 Å². The normalized spacial score (nSPS) is 18.6. The second-order valence-electron chi connectivity index (χ2n) is 5.90. The summed E-state index contributed by atoms with van der Waals surface area (Å²) in [6.07, 6.45) is 2.29. The number of hydrogen-bond donors (Lipinski definition) is 1. The van der Waals surface area contributed by atoms with Gasteiger partial charge in [-0.3, -0.25) is 4.79 Å². The van der Waals surface area contributed by atoms with E-state index in [1.54, 1.807) is 0 Å². The fourth-order valence-electron chi connectivity index (χ4n) is 2.61. The van der Waals surface area contributed by atoms with Gasteiger partial charge in [-0.1, -0.05) is 0 Å². The van der Waals surface area contributed by atoms with E-state index in [0.29, 0.717) is 6.42 Å². The fourth-order valence-corrected chi connectivity index (χ4v) is 2.61. The zero-order valence-electron chi connectivity index (χ0n) is 12.2. The van der Waals surface area contributed by atoms with Gasteiger partial charge in [0.25, 0.3) is 0 Å². The molecule has 0 aromatic carbocycles. The first kappa shape index (κ1) is 14.1. The Kier molecular flexibility index (Phi) is 4.30. The van der Waals surface area contributed by atoms with Crippen molar-refractivity contribution in [3.05, 3.63) is 23.7 Å². The highest BCUT2D eigenvalue weighted by Crippen LogP contribution is 2.18. The molecule has 2 rings (SSSR count). The minimum absolute atomic E-state index is 0.0728. The summed E-state index contributed by atoms with van der Waals surface area (Å²) in [5.74, 6) is 2.17. The second kappa shape index (κ2) is 5.78. The van der Waals surface area contributed by atoms with E-state index >= 15 is 0 Å². The van der Waals surface area contributed by atoms with Crippen molar-refractivity contribution in [3.63, 3.8) is 0 Å². The molecule has 2 heterocycles. The Morgan fingerprint density at radius 1 is 1.47 bits per heavy atom. The smallest absolute Gasteiger partial charge is 0.223 e. The van der Waals surface area contributed by atoms with Gasteiger partial charge in [-0.25, -0.2) is 0 Å². The maximum atomic E-state index is 12.3. The molecular formula is C15H24N2O2. The summed E-state index contributed by atoms with van der Waals surface area (Å²) in [5.41, 5.74) is -0.0728. The molecule has 0 saturated carbocycles. The van der Waals surface area contributed by atoms with Crippen LogP contribution in [-0.4, -0.2) is 36.0 Å². The molecule has 0 aliphatic carbocycles. The molecule has 106 valence electrons. The van der Waals surface area contributed by atoms with Gasteiger partial charge in [-0.05, 0) is 39.3 Å². The molecule has 4 nitrogen and oxygen atoms in total. The number of nitrogens with one attached hydrogen (secondary N) is 1. The number of aryl methyl sites for hydroxylation is 2. The molecule has 1 aliphatic rings. The molecule has 1 fully saturated rings. The van der Waals surface area contributed by atoms with Gasteiger partial charge in [-0.15, -0.1) is 0 Å². The van der Waals surface area contributed by atoms with Crippen molar-refractivity contribution < 1.29 is 9.21 Å². The van der Waals surface area contributed by atoms with E-state index in [1.165, 1.54) is 0 Å². The number of rotatable bonds is 4. The molecule has 19 heavy (non-hydrogen) atoms. The van der Waals surface area contributed by atoms with Gasteiger partial charge in [0.1, 0.15) is 11.5 Å². The number of amides is 1. The van der Waals surface area contributed by atoms with Crippen LogP contribution in [0.15, 0.2) is 16.5 Å². The zero-order valence-corrected chi connectivity index (χ0v) is 12.2. The van der Waals surface area contributed by atoms with Crippen LogP contribution in [-0.2, 0) is 11.2 Å². The monoisotopic (exact) mass is 264 g/mol. The standard InChI is InChI=1S/C15H24N2O2/c1-12-7-8-13(19-12)5-4-6-14(18)17-10-9-16-11-15(17,2)3/h7-8,16H,4-6,9-11H2,1-3H3. The van der Waals surface area contributed by atoms with Gasteiger partial charge >= 0.3 is 0 Å². The Morgan fingerprint density at radius 2 is 2.26 bits per heavy atom. The minimum Gasteiger partial charge on any atom is -0.466 e. The molecule has 1 aromatic rings. The highest BCUT2D eigenvalue weighted by molar-refractivity contribution is 5.77. The predicted molar refractivity (Wildman–Crippen MR) is 75.0 cm³/mol. The van der Waals surface area contributed by atoms with E-state index in [9.17, 15) is 4.79 Å². The van der Waals surface area contributed by atoms with Crippen molar-refractivity contribution in [1.82, 2.24) is 10.2 Å². The molecule has 0 unspecified atom stereocenters. The number of furan rings is 1. The average molecular weight is 264 g/mol. The van der Waals surface area contributed by atoms with E-state index in [2.05, 4.69) is 19.2 Å². The summed E-state index contributed by atoms with van der Waals surface area (Å²) in [6, 6.07) is 3.96. The first-order valence-corrected chi connectivity index (χ1v) is 7.05. The Balaban J connectivity index is 1.80. The third kappa shape index (κ3) is 3.60. The summed E-state index contributed by atoms with van der Waals surface area (Å²) >= 11 is 0. The van der Waals surface area contributed by atoms with E-state index in [4.69, 9.17) is 4.42 Å². The van der Waals surface area contributed by atoms with Crippen molar-refractivity contribution in [1.29, 1.82) is 0 Å². The average Bonchev–Trinajstić information content (AvgIpc) is 2.74. The number of piperazine rings is 1. The Labute approximate surface area is 115 Å². The summed E-state index contributed by atoms with van der Waals surface area (Å²) in [6.45, 7) is 8.76. The molecule has 1 aliphatic heterocycles. The van der Waals surface area contributed by atoms with Crippen molar-refractivity contribution in [3.8, 4) is 0 Å². The minimum atomic E-state index is -0.0728. The van der Waals surface area contributed by atoms with Gasteiger partial charge in [0.05, 0.1) is 0 Å². The van der Waals surface area contributed by atoms with Crippen molar-refractivity contribution in [2.24, 2.45) is 0 Å². The van der Waals surface area contributed by atoms with Crippen LogP contribution in [0.3, 0.4) is 0 Å². The first-order chi connectivity index (χ1) is 8.99. The van der Waals surface area contributed by atoms with Gasteiger partial charge in [0, 0.05) is 38.0 Å². The Morgan fingerprint density at radius 3 is 2.89 bits per heavy atom. The number of carbonyl (C=O) groups is 1. The summed E-state index contributed by atoms with van der Waals surface area (Å²) < 4.78 is 5.52. The molecule has 1 N–H and O–H groups in total. The quantitative estimate of drug-likeness (QED) is 0.906.